The van der Waals surface area contributed by atoms with Crippen LogP contribution in [0.5, 0.6) is 0 Å². The molecule has 1 aromatic carbocycles. The molecule has 0 atom stereocenters. The van der Waals surface area contributed by atoms with Gasteiger partial charge in [0.05, 0.1) is 11.0 Å². The van der Waals surface area contributed by atoms with Gasteiger partial charge in [-0.2, -0.15) is 0 Å². The van der Waals surface area contributed by atoms with Crippen LogP contribution < -0.4 is 5.69 Å². The summed E-state index contributed by atoms with van der Waals surface area (Å²) in [4.78, 5) is 38.8. The molecule has 0 aliphatic heterocycles. The standard InChI is InChI=1S/C14H17N3O4/c1-2-7-16(9-13(19)20)12(18)8-17-11-6-4-3-5-10(11)15-14(17)21/h3-6H,2,7-9H2,1H3,(H,15,21)(H,19,20). The number of carbonyl (C=O) groups is 2. The second kappa shape index (κ2) is 6.25. The van der Waals surface area contributed by atoms with Gasteiger partial charge in [-0.1, -0.05) is 19.1 Å². The molecule has 7 heteroatoms. The smallest absolute Gasteiger partial charge is 0.326 e. The maximum absolute atomic E-state index is 12.2. The van der Waals surface area contributed by atoms with Crippen LogP contribution in [0.25, 0.3) is 11.0 Å². The molecule has 0 fully saturated rings. The summed E-state index contributed by atoms with van der Waals surface area (Å²) in [5, 5.41) is 8.84. The van der Waals surface area contributed by atoms with Crippen LogP contribution in [0.1, 0.15) is 13.3 Å². The quantitative estimate of drug-likeness (QED) is 0.817. The summed E-state index contributed by atoms with van der Waals surface area (Å²) in [6.45, 7) is 1.68. The van der Waals surface area contributed by atoms with Gasteiger partial charge < -0.3 is 15.0 Å². The molecule has 1 aromatic heterocycles. The zero-order valence-corrected chi connectivity index (χ0v) is 11.7. The third kappa shape index (κ3) is 3.31. The number of nitrogens with one attached hydrogen (secondary N) is 1. The van der Waals surface area contributed by atoms with E-state index in [4.69, 9.17) is 5.11 Å². The number of nitrogens with zero attached hydrogens (tertiary/aromatic N) is 2. The molecule has 0 aliphatic carbocycles. The molecule has 0 saturated carbocycles. The summed E-state index contributed by atoms with van der Waals surface area (Å²) in [7, 11) is 0. The molecule has 2 rings (SSSR count). The monoisotopic (exact) mass is 291 g/mol. The zero-order valence-electron chi connectivity index (χ0n) is 11.7. The maximum Gasteiger partial charge on any atom is 0.326 e. The van der Waals surface area contributed by atoms with Crippen LogP contribution in [-0.2, 0) is 16.1 Å². The van der Waals surface area contributed by atoms with Crippen molar-refractivity contribution in [2.24, 2.45) is 0 Å². The molecule has 0 radical (unpaired) electrons. The topological polar surface area (TPSA) is 95.4 Å². The van der Waals surface area contributed by atoms with Gasteiger partial charge in [0.1, 0.15) is 13.1 Å². The van der Waals surface area contributed by atoms with Gasteiger partial charge in [-0.3, -0.25) is 14.2 Å². The summed E-state index contributed by atoms with van der Waals surface area (Å²) in [6, 6.07) is 7.05. The van der Waals surface area contributed by atoms with Crippen molar-refractivity contribution in [2.45, 2.75) is 19.9 Å². The first-order valence-electron chi connectivity index (χ1n) is 6.70. The Hall–Kier alpha value is -2.57. The predicted molar refractivity (Wildman–Crippen MR) is 77.1 cm³/mol. The van der Waals surface area contributed by atoms with Gasteiger partial charge in [0, 0.05) is 6.54 Å². The largest absolute Gasteiger partial charge is 0.480 e. The number of aliphatic carboxylic acids is 1. The maximum atomic E-state index is 12.2. The Labute approximate surface area is 120 Å². The van der Waals surface area contributed by atoms with Crippen LogP contribution in [0.15, 0.2) is 29.1 Å². The van der Waals surface area contributed by atoms with E-state index in [9.17, 15) is 14.4 Å². The first-order valence-corrected chi connectivity index (χ1v) is 6.70. The number of para-hydroxylation sites is 2. The first-order chi connectivity index (χ1) is 10.0. The number of amides is 1. The Bertz CT molecular complexity index is 716. The summed E-state index contributed by atoms with van der Waals surface area (Å²) < 4.78 is 1.32. The Kier molecular flexibility index (Phi) is 4.42. The second-order valence-electron chi connectivity index (χ2n) is 4.74. The fourth-order valence-corrected chi connectivity index (χ4v) is 2.22. The van der Waals surface area contributed by atoms with Gasteiger partial charge in [0.15, 0.2) is 0 Å². The van der Waals surface area contributed by atoms with E-state index in [-0.39, 0.29) is 24.7 Å². The molecule has 21 heavy (non-hydrogen) atoms. The van der Waals surface area contributed by atoms with Gasteiger partial charge in [0.25, 0.3) is 0 Å². The normalized spacial score (nSPS) is 10.7. The number of aromatic nitrogens is 2. The highest BCUT2D eigenvalue weighted by molar-refractivity contribution is 5.83. The molecule has 1 heterocycles. The van der Waals surface area contributed by atoms with Crippen molar-refractivity contribution in [1.82, 2.24) is 14.5 Å². The first kappa shape index (κ1) is 14.8. The predicted octanol–water partition coefficient (Wildman–Crippen LogP) is 0.653. The van der Waals surface area contributed by atoms with Crippen LogP contribution >= 0.6 is 0 Å². The van der Waals surface area contributed by atoms with E-state index in [1.54, 1.807) is 24.3 Å². The second-order valence-corrected chi connectivity index (χ2v) is 4.74. The fourth-order valence-electron chi connectivity index (χ4n) is 2.22. The van der Waals surface area contributed by atoms with E-state index in [0.29, 0.717) is 24.0 Å². The van der Waals surface area contributed by atoms with Crippen molar-refractivity contribution in [2.75, 3.05) is 13.1 Å². The highest BCUT2D eigenvalue weighted by Gasteiger charge is 2.18. The van der Waals surface area contributed by atoms with Crippen molar-refractivity contribution in [3.63, 3.8) is 0 Å². The van der Waals surface area contributed by atoms with E-state index < -0.39 is 5.97 Å². The van der Waals surface area contributed by atoms with Crippen LogP contribution in [0.2, 0.25) is 0 Å². The molecular formula is C14H17N3O4. The number of H-pyrrole nitrogens is 1. The highest BCUT2D eigenvalue weighted by atomic mass is 16.4. The number of fused-ring (bicyclic) bond motifs is 1. The summed E-state index contributed by atoms with van der Waals surface area (Å²) >= 11 is 0. The average Bonchev–Trinajstić information content (AvgIpc) is 2.74. The lowest BCUT2D eigenvalue weighted by Gasteiger charge is -2.20. The van der Waals surface area contributed by atoms with Gasteiger partial charge in [0.2, 0.25) is 5.91 Å². The van der Waals surface area contributed by atoms with Crippen LogP contribution in [0.4, 0.5) is 0 Å². The van der Waals surface area contributed by atoms with Crippen molar-refractivity contribution in [3.05, 3.63) is 34.7 Å². The minimum atomic E-state index is -1.07. The van der Waals surface area contributed by atoms with Crippen molar-refractivity contribution in [3.8, 4) is 0 Å². The lowest BCUT2D eigenvalue weighted by molar-refractivity contribution is -0.144. The van der Waals surface area contributed by atoms with Crippen LogP contribution in [-0.4, -0.2) is 44.5 Å². The van der Waals surface area contributed by atoms with Crippen LogP contribution in [0, 0.1) is 0 Å². The Morgan fingerprint density at radius 1 is 1.33 bits per heavy atom. The van der Waals surface area contributed by atoms with E-state index in [0.717, 1.165) is 0 Å². The summed E-state index contributed by atoms with van der Waals surface area (Å²) in [5.41, 5.74) is 0.898. The van der Waals surface area contributed by atoms with Gasteiger partial charge in [-0.15, -0.1) is 0 Å². The number of carbonyl (C=O) groups excluding carboxylic acids is 1. The highest BCUT2D eigenvalue weighted by Crippen LogP contribution is 2.09. The van der Waals surface area contributed by atoms with E-state index in [2.05, 4.69) is 4.98 Å². The average molecular weight is 291 g/mol. The van der Waals surface area contributed by atoms with E-state index >= 15 is 0 Å². The zero-order chi connectivity index (χ0) is 15.4. The van der Waals surface area contributed by atoms with E-state index in [1.807, 2.05) is 6.92 Å². The number of imidazole rings is 1. The van der Waals surface area contributed by atoms with Crippen molar-refractivity contribution >= 4 is 22.9 Å². The molecule has 2 N–H and O–H groups in total. The molecule has 7 nitrogen and oxygen atoms in total. The lowest BCUT2D eigenvalue weighted by atomic mass is 10.3. The molecule has 0 saturated heterocycles. The van der Waals surface area contributed by atoms with Gasteiger partial charge in [-0.05, 0) is 18.6 Å². The molecular weight excluding hydrogens is 274 g/mol. The number of carboxylic acids is 1. The molecule has 0 aliphatic rings. The molecule has 2 aromatic rings. The molecule has 0 unspecified atom stereocenters. The summed E-state index contributed by atoms with van der Waals surface area (Å²) in [6.07, 6.45) is 0.655. The van der Waals surface area contributed by atoms with Gasteiger partial charge in [-0.25, -0.2) is 4.79 Å². The molecule has 112 valence electrons. The number of carboxylic acid groups (broad SMARTS) is 1. The third-order valence-electron chi connectivity index (χ3n) is 3.15. The Morgan fingerprint density at radius 3 is 2.71 bits per heavy atom. The van der Waals surface area contributed by atoms with Gasteiger partial charge >= 0.3 is 11.7 Å². The Balaban J connectivity index is 2.25. The van der Waals surface area contributed by atoms with Crippen LogP contribution in [0.3, 0.4) is 0 Å². The molecule has 0 bridgehead atoms. The number of aromatic amines is 1. The van der Waals surface area contributed by atoms with E-state index in [1.165, 1.54) is 9.47 Å². The molecule has 0 spiro atoms. The number of hydrogen-bond acceptors (Lipinski definition) is 3. The number of rotatable bonds is 6. The molecule has 1 amide bonds. The third-order valence-corrected chi connectivity index (χ3v) is 3.15. The fraction of sp³-hybridized carbons (Fsp3) is 0.357. The number of benzene rings is 1. The minimum Gasteiger partial charge on any atom is -0.480 e. The lowest BCUT2D eigenvalue weighted by Crippen LogP contribution is -2.39. The van der Waals surface area contributed by atoms with Crippen molar-refractivity contribution in [1.29, 1.82) is 0 Å². The minimum absolute atomic E-state index is 0.171. The summed E-state index contributed by atoms with van der Waals surface area (Å²) in [5.74, 6) is -1.45. The SMILES string of the molecule is CCCN(CC(=O)O)C(=O)Cn1c(=O)[nH]c2ccccc21. The van der Waals surface area contributed by atoms with Crippen molar-refractivity contribution < 1.29 is 14.7 Å². The Morgan fingerprint density at radius 2 is 2.05 bits per heavy atom. The number of hydrogen-bond donors (Lipinski definition) is 2.